The van der Waals surface area contributed by atoms with Gasteiger partial charge < -0.3 is 5.11 Å². The summed E-state index contributed by atoms with van der Waals surface area (Å²) in [4.78, 5) is 10.3. The van der Waals surface area contributed by atoms with Crippen LogP contribution in [0.2, 0.25) is 0 Å². The van der Waals surface area contributed by atoms with Crippen LogP contribution in [0.4, 0.5) is 0 Å². The fourth-order valence-electron chi connectivity index (χ4n) is 1.99. The van der Waals surface area contributed by atoms with E-state index in [1.165, 1.54) is 0 Å². The van der Waals surface area contributed by atoms with Crippen molar-refractivity contribution in [1.29, 1.82) is 0 Å². The fourth-order valence-corrected chi connectivity index (χ4v) is 1.99. The van der Waals surface area contributed by atoms with Gasteiger partial charge in [0.15, 0.2) is 0 Å². The van der Waals surface area contributed by atoms with Crippen molar-refractivity contribution in [3.8, 4) is 35.5 Å². The number of hydrogen-bond acceptors (Lipinski definition) is 1. The molecule has 1 N–H and O–H groups in total. The van der Waals surface area contributed by atoms with Crippen molar-refractivity contribution < 1.29 is 9.90 Å². The number of rotatable bonds is 8. The second kappa shape index (κ2) is 13.1. The van der Waals surface area contributed by atoms with Gasteiger partial charge in [-0.1, -0.05) is 55.7 Å². The Labute approximate surface area is 139 Å². The third-order valence-corrected chi connectivity index (χ3v) is 3.20. The lowest BCUT2D eigenvalue weighted by Gasteiger charge is -1.98. The van der Waals surface area contributed by atoms with Crippen molar-refractivity contribution in [2.75, 3.05) is 0 Å². The number of carbonyl (C=O) groups is 1. The highest BCUT2D eigenvalue weighted by Crippen LogP contribution is 2.08. The lowest BCUT2D eigenvalue weighted by molar-refractivity contribution is -0.137. The molecule has 23 heavy (non-hydrogen) atoms. The Morgan fingerprint density at radius 3 is 2.22 bits per heavy atom. The van der Waals surface area contributed by atoms with Crippen molar-refractivity contribution >= 4 is 5.97 Å². The van der Waals surface area contributed by atoms with Crippen LogP contribution in [0.1, 0.15) is 56.9 Å². The molecule has 0 heterocycles. The monoisotopic (exact) mass is 306 g/mol. The molecular formula is C21H22O2. The van der Waals surface area contributed by atoms with Gasteiger partial charge in [0.2, 0.25) is 0 Å². The van der Waals surface area contributed by atoms with Gasteiger partial charge in [0.1, 0.15) is 0 Å². The predicted molar refractivity (Wildman–Crippen MR) is 93.4 cm³/mol. The lowest BCUT2D eigenvalue weighted by atomic mass is 10.1. The second-order valence-corrected chi connectivity index (χ2v) is 5.18. The van der Waals surface area contributed by atoms with E-state index in [2.05, 4.69) is 35.5 Å². The zero-order valence-corrected chi connectivity index (χ0v) is 13.4. The molecule has 118 valence electrons. The van der Waals surface area contributed by atoms with Crippen LogP contribution in [0.3, 0.4) is 0 Å². The first kappa shape index (κ1) is 18.4. The summed E-state index contributed by atoms with van der Waals surface area (Å²) < 4.78 is 0. The van der Waals surface area contributed by atoms with Crippen LogP contribution in [0.5, 0.6) is 0 Å². The number of carboxylic acid groups (broad SMARTS) is 1. The third-order valence-electron chi connectivity index (χ3n) is 3.20. The Balaban J connectivity index is 2.03. The number of benzene rings is 1. The Kier molecular flexibility index (Phi) is 10.5. The van der Waals surface area contributed by atoms with Gasteiger partial charge in [0.25, 0.3) is 0 Å². The van der Waals surface area contributed by atoms with Gasteiger partial charge in [0.05, 0.1) is 0 Å². The minimum Gasteiger partial charge on any atom is -0.481 e. The van der Waals surface area contributed by atoms with Crippen LogP contribution in [-0.4, -0.2) is 11.1 Å². The number of aliphatic carboxylic acids is 1. The maximum atomic E-state index is 10.3. The molecule has 0 fully saturated rings. The van der Waals surface area contributed by atoms with Gasteiger partial charge in [-0.2, -0.15) is 0 Å². The molecule has 2 nitrogen and oxygen atoms in total. The summed E-state index contributed by atoms with van der Waals surface area (Å²) in [5.74, 6) is 16.4. The summed E-state index contributed by atoms with van der Waals surface area (Å²) in [5.41, 5.74) is 0.957. The molecule has 1 rings (SSSR count). The quantitative estimate of drug-likeness (QED) is 0.576. The summed E-state index contributed by atoms with van der Waals surface area (Å²) in [5, 5.41) is 8.51. The Morgan fingerprint density at radius 2 is 1.48 bits per heavy atom. The largest absolute Gasteiger partial charge is 0.481 e. The maximum Gasteiger partial charge on any atom is 0.303 e. The van der Waals surface area contributed by atoms with Crippen LogP contribution in [0.15, 0.2) is 30.3 Å². The summed E-state index contributed by atoms with van der Waals surface area (Å²) >= 11 is 0. The van der Waals surface area contributed by atoms with E-state index in [4.69, 9.17) is 5.11 Å². The van der Waals surface area contributed by atoms with E-state index in [9.17, 15) is 4.79 Å². The first-order valence-corrected chi connectivity index (χ1v) is 8.05. The highest BCUT2D eigenvalue weighted by atomic mass is 16.4. The second-order valence-electron chi connectivity index (χ2n) is 5.18. The first-order chi connectivity index (χ1) is 11.3. The van der Waals surface area contributed by atoms with Crippen molar-refractivity contribution in [3.05, 3.63) is 35.9 Å². The standard InChI is InChI=1S/C21H22O2/c22-21(23)19-15-10-8-6-4-2-1-3-5-7-9-12-16-20-17-13-11-14-18-20/h11,13-14,17-18H,1-2,4,6,8,10,15,19H2,(H,22,23). The fraction of sp³-hybridized carbons (Fsp3) is 0.381. The molecule has 1 aromatic rings. The molecule has 1 aromatic carbocycles. The van der Waals surface area contributed by atoms with Gasteiger partial charge >= 0.3 is 5.97 Å². The molecule has 0 saturated carbocycles. The van der Waals surface area contributed by atoms with E-state index in [-0.39, 0.29) is 6.42 Å². The van der Waals surface area contributed by atoms with Crippen LogP contribution < -0.4 is 0 Å². The SMILES string of the molecule is O=C(O)CCCCCCCCC#CC#CC#Cc1ccccc1. The smallest absolute Gasteiger partial charge is 0.303 e. The van der Waals surface area contributed by atoms with Gasteiger partial charge in [-0.05, 0) is 48.7 Å². The zero-order valence-electron chi connectivity index (χ0n) is 13.4. The highest BCUT2D eigenvalue weighted by molar-refractivity contribution is 5.66. The van der Waals surface area contributed by atoms with Crippen LogP contribution in [-0.2, 0) is 4.79 Å². The Bertz CT molecular complexity index is 640. The molecule has 0 spiro atoms. The van der Waals surface area contributed by atoms with E-state index in [0.29, 0.717) is 0 Å². The summed E-state index contributed by atoms with van der Waals surface area (Å²) in [7, 11) is 0. The third kappa shape index (κ3) is 11.7. The molecule has 0 bridgehead atoms. The zero-order chi connectivity index (χ0) is 16.6. The topological polar surface area (TPSA) is 37.3 Å². The molecule has 0 saturated heterocycles. The average molecular weight is 306 g/mol. The molecule has 0 radical (unpaired) electrons. The molecule has 0 aliphatic carbocycles. The van der Waals surface area contributed by atoms with Crippen molar-refractivity contribution in [3.63, 3.8) is 0 Å². The van der Waals surface area contributed by atoms with E-state index in [1.807, 2.05) is 30.3 Å². The molecule has 0 atom stereocenters. The van der Waals surface area contributed by atoms with Crippen LogP contribution >= 0.6 is 0 Å². The van der Waals surface area contributed by atoms with Crippen molar-refractivity contribution in [1.82, 2.24) is 0 Å². The molecule has 0 aromatic heterocycles. The first-order valence-electron chi connectivity index (χ1n) is 8.05. The summed E-state index contributed by atoms with van der Waals surface area (Å²) in [6.07, 6.45) is 7.41. The molecule has 0 aliphatic heterocycles. The Morgan fingerprint density at radius 1 is 0.826 bits per heavy atom. The van der Waals surface area contributed by atoms with Gasteiger partial charge in [-0.25, -0.2) is 0 Å². The maximum absolute atomic E-state index is 10.3. The molecule has 0 aliphatic rings. The normalized spacial score (nSPS) is 8.70. The summed E-state index contributed by atoms with van der Waals surface area (Å²) in [6, 6.07) is 9.75. The van der Waals surface area contributed by atoms with Gasteiger partial charge in [-0.15, -0.1) is 0 Å². The van der Waals surface area contributed by atoms with Crippen LogP contribution in [0, 0.1) is 35.5 Å². The van der Waals surface area contributed by atoms with Crippen molar-refractivity contribution in [2.24, 2.45) is 0 Å². The van der Waals surface area contributed by atoms with E-state index in [1.54, 1.807) is 0 Å². The van der Waals surface area contributed by atoms with Gasteiger partial charge in [0, 0.05) is 18.4 Å². The Hall–Kier alpha value is -2.63. The lowest BCUT2D eigenvalue weighted by Crippen LogP contribution is -1.93. The minimum atomic E-state index is -0.699. The van der Waals surface area contributed by atoms with E-state index < -0.39 is 5.97 Å². The van der Waals surface area contributed by atoms with Gasteiger partial charge in [-0.3, -0.25) is 4.79 Å². The predicted octanol–water partition coefficient (Wildman–Crippen LogP) is 4.25. The highest BCUT2D eigenvalue weighted by Gasteiger charge is 1.95. The van der Waals surface area contributed by atoms with E-state index >= 15 is 0 Å². The van der Waals surface area contributed by atoms with Crippen LogP contribution in [0.25, 0.3) is 0 Å². The molecule has 0 unspecified atom stereocenters. The van der Waals surface area contributed by atoms with E-state index in [0.717, 1.165) is 50.5 Å². The summed E-state index contributed by atoms with van der Waals surface area (Å²) in [6.45, 7) is 0. The number of unbranched alkanes of at least 4 members (excludes halogenated alkanes) is 6. The average Bonchev–Trinajstić information content (AvgIpc) is 2.56. The number of carboxylic acids is 1. The minimum absolute atomic E-state index is 0.289. The van der Waals surface area contributed by atoms with Crippen molar-refractivity contribution in [2.45, 2.75) is 51.4 Å². The molecular weight excluding hydrogens is 284 g/mol. The molecule has 0 amide bonds. The number of hydrogen-bond donors (Lipinski definition) is 1. The molecule has 2 heteroatoms.